The number of hydrogen-bond donors (Lipinski definition) is 2. The molecule has 0 spiro atoms. The Balaban J connectivity index is 1.70. The lowest BCUT2D eigenvalue weighted by atomic mass is 10.1. The monoisotopic (exact) mass is 390 g/mol. The summed E-state index contributed by atoms with van der Waals surface area (Å²) in [6.07, 6.45) is 0. The Morgan fingerprint density at radius 1 is 1.10 bits per heavy atom. The average molecular weight is 390 g/mol. The van der Waals surface area contributed by atoms with Crippen LogP contribution in [0.1, 0.15) is 27.3 Å². The van der Waals surface area contributed by atoms with Crippen LogP contribution in [0.4, 0.5) is 10.1 Å². The third-order valence-electron chi connectivity index (χ3n) is 4.98. The van der Waals surface area contributed by atoms with Crippen LogP contribution in [-0.4, -0.2) is 20.6 Å². The van der Waals surface area contributed by atoms with Crippen molar-refractivity contribution in [1.29, 1.82) is 0 Å². The number of nitrogens with zero attached hydrogens (tertiary/aromatic N) is 3. The molecule has 0 unspecified atom stereocenters. The minimum Gasteiger partial charge on any atom is -0.493 e. The first-order chi connectivity index (χ1) is 13.9. The third-order valence-corrected chi connectivity index (χ3v) is 4.98. The van der Waals surface area contributed by atoms with E-state index < -0.39 is 5.91 Å². The van der Waals surface area contributed by atoms with Crippen LogP contribution < -0.4 is 0 Å². The molecule has 4 rings (SSSR count). The van der Waals surface area contributed by atoms with Gasteiger partial charge in [-0.2, -0.15) is 0 Å². The van der Waals surface area contributed by atoms with Crippen LogP contribution in [0.2, 0.25) is 0 Å². The van der Waals surface area contributed by atoms with Crippen molar-refractivity contribution >= 4 is 22.5 Å². The molecule has 29 heavy (non-hydrogen) atoms. The number of azo groups is 1. The van der Waals surface area contributed by atoms with Gasteiger partial charge in [-0.05, 0) is 56.7 Å². The molecule has 6 nitrogen and oxygen atoms in total. The highest BCUT2D eigenvalue weighted by Crippen LogP contribution is 2.36. The standard InChI is InChI=1S/C22H19FN4O2/c1-12-5-4-6-17-19(12)24-22(29)20(17)25-26-21(28)18-11-13(2)27(14(18)3)16-9-7-15(23)8-10-16/h4-11,24,29H,1-3H3. The molecule has 0 aliphatic carbocycles. The second kappa shape index (κ2) is 7.01. The predicted octanol–water partition coefficient (Wildman–Crippen LogP) is 5.65. The van der Waals surface area contributed by atoms with E-state index in [-0.39, 0.29) is 17.4 Å². The molecule has 0 atom stereocenters. The van der Waals surface area contributed by atoms with Gasteiger partial charge < -0.3 is 14.7 Å². The highest BCUT2D eigenvalue weighted by molar-refractivity contribution is 5.98. The Labute approximate surface area is 166 Å². The molecule has 2 N–H and O–H groups in total. The van der Waals surface area contributed by atoms with Gasteiger partial charge in [0.15, 0.2) is 5.69 Å². The fraction of sp³-hybridized carbons (Fsp3) is 0.136. The zero-order valence-corrected chi connectivity index (χ0v) is 16.2. The van der Waals surface area contributed by atoms with Crippen LogP contribution >= 0.6 is 0 Å². The largest absolute Gasteiger partial charge is 0.493 e. The summed E-state index contributed by atoms with van der Waals surface area (Å²) in [5.41, 5.74) is 4.57. The number of aromatic amines is 1. The summed E-state index contributed by atoms with van der Waals surface area (Å²) in [6, 6.07) is 13.3. The Morgan fingerprint density at radius 2 is 1.83 bits per heavy atom. The normalized spacial score (nSPS) is 11.6. The predicted molar refractivity (Wildman–Crippen MR) is 109 cm³/mol. The second-order valence-electron chi connectivity index (χ2n) is 6.92. The van der Waals surface area contributed by atoms with E-state index in [2.05, 4.69) is 15.2 Å². The molecular formula is C22H19FN4O2. The molecule has 0 fully saturated rings. The van der Waals surface area contributed by atoms with Gasteiger partial charge in [-0.15, -0.1) is 10.2 Å². The van der Waals surface area contributed by atoms with Crippen LogP contribution in [0.15, 0.2) is 58.8 Å². The third kappa shape index (κ3) is 3.20. The van der Waals surface area contributed by atoms with Crippen molar-refractivity contribution in [3.8, 4) is 11.6 Å². The Hall–Kier alpha value is -3.74. The van der Waals surface area contributed by atoms with E-state index in [1.165, 1.54) is 12.1 Å². The number of hydrogen-bond acceptors (Lipinski definition) is 3. The Morgan fingerprint density at radius 3 is 2.55 bits per heavy atom. The van der Waals surface area contributed by atoms with E-state index in [4.69, 9.17) is 0 Å². The number of carbonyl (C=O) groups excluding carboxylic acids is 1. The van der Waals surface area contributed by atoms with Gasteiger partial charge in [0.1, 0.15) is 5.82 Å². The van der Waals surface area contributed by atoms with Gasteiger partial charge >= 0.3 is 0 Å². The number of para-hydroxylation sites is 1. The molecule has 0 aliphatic heterocycles. The van der Waals surface area contributed by atoms with Gasteiger partial charge in [-0.1, -0.05) is 18.2 Å². The van der Waals surface area contributed by atoms with Crippen molar-refractivity contribution < 1.29 is 14.3 Å². The number of rotatable bonds is 3. The number of fused-ring (bicyclic) bond motifs is 1. The molecule has 146 valence electrons. The minimum atomic E-state index is -0.520. The fourth-order valence-electron chi connectivity index (χ4n) is 3.55. The molecule has 1 amide bonds. The van der Waals surface area contributed by atoms with Crippen molar-refractivity contribution in [2.24, 2.45) is 10.2 Å². The van der Waals surface area contributed by atoms with Gasteiger partial charge in [-0.25, -0.2) is 4.39 Å². The minimum absolute atomic E-state index is 0.136. The molecule has 0 saturated heterocycles. The summed E-state index contributed by atoms with van der Waals surface area (Å²) in [5.74, 6) is -0.981. The first kappa shape index (κ1) is 18.6. The number of carbonyl (C=O) groups is 1. The van der Waals surface area contributed by atoms with E-state index >= 15 is 0 Å². The topological polar surface area (TPSA) is 82.7 Å². The van der Waals surface area contributed by atoms with Crippen molar-refractivity contribution in [3.05, 3.63) is 76.9 Å². The van der Waals surface area contributed by atoms with Crippen molar-refractivity contribution in [2.75, 3.05) is 0 Å². The highest BCUT2D eigenvalue weighted by atomic mass is 19.1. The molecule has 2 aromatic carbocycles. The number of amides is 1. The number of aromatic nitrogens is 2. The van der Waals surface area contributed by atoms with Crippen LogP contribution in [0.5, 0.6) is 5.88 Å². The number of aryl methyl sites for hydroxylation is 2. The second-order valence-corrected chi connectivity index (χ2v) is 6.92. The molecule has 2 aromatic heterocycles. The van der Waals surface area contributed by atoms with Crippen molar-refractivity contribution in [1.82, 2.24) is 9.55 Å². The number of halogens is 1. The zero-order valence-electron chi connectivity index (χ0n) is 16.2. The number of H-pyrrole nitrogens is 1. The number of nitrogens with one attached hydrogen (secondary N) is 1. The Bertz CT molecular complexity index is 1270. The zero-order chi connectivity index (χ0) is 20.7. The molecule has 2 heterocycles. The van der Waals surface area contributed by atoms with Gasteiger partial charge in [0, 0.05) is 22.5 Å². The molecule has 0 radical (unpaired) electrons. The lowest BCUT2D eigenvalue weighted by Gasteiger charge is -2.09. The van der Waals surface area contributed by atoms with Crippen LogP contribution in [0, 0.1) is 26.6 Å². The fourth-order valence-corrected chi connectivity index (χ4v) is 3.55. The maximum Gasteiger partial charge on any atom is 0.297 e. The first-order valence-electron chi connectivity index (χ1n) is 9.08. The lowest BCUT2D eigenvalue weighted by Crippen LogP contribution is -2.01. The van der Waals surface area contributed by atoms with Crippen molar-refractivity contribution in [2.45, 2.75) is 20.8 Å². The molecule has 4 aromatic rings. The maximum absolute atomic E-state index is 13.2. The van der Waals surface area contributed by atoms with E-state index in [1.807, 2.05) is 30.5 Å². The molecular weight excluding hydrogens is 371 g/mol. The quantitative estimate of drug-likeness (QED) is 0.443. The van der Waals surface area contributed by atoms with Gasteiger partial charge in [0.2, 0.25) is 5.88 Å². The van der Waals surface area contributed by atoms with E-state index in [9.17, 15) is 14.3 Å². The first-order valence-corrected chi connectivity index (χ1v) is 9.08. The molecule has 0 bridgehead atoms. The average Bonchev–Trinajstić information content (AvgIpc) is 3.17. The summed E-state index contributed by atoms with van der Waals surface area (Å²) >= 11 is 0. The SMILES string of the molecule is Cc1cccc2c(N=NC(=O)c3cc(C)n(-c4ccc(F)cc4)c3C)c(O)[nH]c12. The number of benzene rings is 2. The van der Waals surface area contributed by atoms with Gasteiger partial charge in [-0.3, -0.25) is 4.79 Å². The van der Waals surface area contributed by atoms with Crippen LogP contribution in [0.3, 0.4) is 0 Å². The van der Waals surface area contributed by atoms with E-state index in [1.54, 1.807) is 31.2 Å². The smallest absolute Gasteiger partial charge is 0.297 e. The van der Waals surface area contributed by atoms with E-state index in [0.717, 1.165) is 22.5 Å². The van der Waals surface area contributed by atoms with Crippen molar-refractivity contribution in [3.63, 3.8) is 0 Å². The highest BCUT2D eigenvalue weighted by Gasteiger charge is 2.18. The molecule has 0 saturated carbocycles. The number of aromatic hydroxyl groups is 1. The van der Waals surface area contributed by atoms with Crippen LogP contribution in [-0.2, 0) is 0 Å². The summed E-state index contributed by atoms with van der Waals surface area (Å²) in [7, 11) is 0. The molecule has 0 aliphatic rings. The van der Waals surface area contributed by atoms with Crippen LogP contribution in [0.25, 0.3) is 16.6 Å². The molecule has 7 heteroatoms. The summed E-state index contributed by atoms with van der Waals surface area (Å²) in [6.45, 7) is 5.57. The maximum atomic E-state index is 13.2. The summed E-state index contributed by atoms with van der Waals surface area (Å²) < 4.78 is 15.1. The lowest BCUT2D eigenvalue weighted by molar-refractivity contribution is 0.0994. The van der Waals surface area contributed by atoms with Gasteiger partial charge in [0.05, 0.1) is 11.1 Å². The Kier molecular flexibility index (Phi) is 4.50. The summed E-state index contributed by atoms with van der Waals surface area (Å²) in [4.78, 5) is 15.6. The summed E-state index contributed by atoms with van der Waals surface area (Å²) in [5, 5.41) is 18.7. The van der Waals surface area contributed by atoms with E-state index in [0.29, 0.717) is 16.6 Å². The van der Waals surface area contributed by atoms with Gasteiger partial charge in [0.25, 0.3) is 5.91 Å².